The summed E-state index contributed by atoms with van der Waals surface area (Å²) in [6.45, 7) is 0. The van der Waals surface area contributed by atoms with E-state index in [-0.39, 0.29) is 4.90 Å². The summed E-state index contributed by atoms with van der Waals surface area (Å²) in [4.78, 5) is 3.87. The number of rotatable bonds is 7. The number of aromatic nitrogens is 2. The van der Waals surface area contributed by atoms with Gasteiger partial charge in [0.15, 0.2) is 0 Å². The molecule has 3 aromatic carbocycles. The van der Waals surface area contributed by atoms with Gasteiger partial charge in [-0.05, 0) is 42.5 Å². The molecule has 0 saturated carbocycles. The average Bonchev–Trinajstić information content (AvgIpc) is 3.22. The third-order valence-corrected chi connectivity index (χ3v) is 6.35. The highest BCUT2D eigenvalue weighted by molar-refractivity contribution is 7.92. The molecule has 1 aromatic heterocycles. The molecule has 7 nitrogen and oxygen atoms in total. The fourth-order valence-electron chi connectivity index (χ4n) is 3.26. The fourth-order valence-corrected chi connectivity index (χ4v) is 4.37. The second-order valence-corrected chi connectivity index (χ2v) is 8.88. The molecule has 4 aromatic rings. The molecule has 9 heteroatoms. The van der Waals surface area contributed by atoms with Crippen LogP contribution in [0.25, 0.3) is 22.5 Å². The lowest BCUT2D eigenvalue weighted by Crippen LogP contribution is -2.25. The molecule has 0 unspecified atom stereocenters. The van der Waals surface area contributed by atoms with Crippen LogP contribution in [0.3, 0.4) is 0 Å². The summed E-state index contributed by atoms with van der Waals surface area (Å²) in [5.74, 6) is 1.01. The summed E-state index contributed by atoms with van der Waals surface area (Å²) in [5.41, 5.74) is 2.31. The number of sulfonamides is 1. The van der Waals surface area contributed by atoms with Gasteiger partial charge >= 0.3 is 0 Å². The normalized spacial score (nSPS) is 11.2. The van der Waals surface area contributed by atoms with Gasteiger partial charge in [-0.1, -0.05) is 48.0 Å². The van der Waals surface area contributed by atoms with Crippen LogP contribution in [-0.2, 0) is 10.0 Å². The number of methoxy groups -OCH3 is 2. The summed E-state index contributed by atoms with van der Waals surface area (Å²) in [7, 11) is -0.841. The minimum absolute atomic E-state index is 0.112. The Hall–Kier alpha value is -3.49. The quantitative estimate of drug-likeness (QED) is 0.419. The monoisotopic (exact) mass is 469 g/mol. The number of nitrogens with zero attached hydrogens (tertiary/aromatic N) is 2. The van der Waals surface area contributed by atoms with Crippen molar-refractivity contribution in [2.24, 2.45) is 0 Å². The van der Waals surface area contributed by atoms with Crippen LogP contribution in [-0.4, -0.2) is 32.5 Å². The van der Waals surface area contributed by atoms with Gasteiger partial charge in [-0.25, -0.2) is 0 Å². The van der Waals surface area contributed by atoms with E-state index in [1.807, 2.05) is 12.1 Å². The van der Waals surface area contributed by atoms with Gasteiger partial charge < -0.3 is 9.47 Å². The Labute approximate surface area is 191 Å². The summed E-state index contributed by atoms with van der Waals surface area (Å²) < 4.78 is 37.1. The topological polar surface area (TPSA) is 82.4 Å². The summed E-state index contributed by atoms with van der Waals surface area (Å²) in [5, 5.41) is 5.11. The molecule has 0 aliphatic rings. The SMILES string of the molecule is COc1cccc(OC)c1-c1cc(-c2ccc(Cl)cc2)nn1NS(=O)(=O)c1ccccc1. The second-order valence-electron chi connectivity index (χ2n) is 6.78. The maximum Gasteiger partial charge on any atom is 0.276 e. The first kappa shape index (κ1) is 21.7. The number of benzene rings is 3. The molecule has 0 fully saturated rings. The first-order valence-corrected chi connectivity index (χ1v) is 11.4. The molecule has 0 bridgehead atoms. The van der Waals surface area contributed by atoms with Crippen LogP contribution in [0.5, 0.6) is 11.5 Å². The number of hydrogen-bond acceptors (Lipinski definition) is 5. The number of halogens is 1. The van der Waals surface area contributed by atoms with Crippen molar-refractivity contribution in [2.45, 2.75) is 4.90 Å². The van der Waals surface area contributed by atoms with E-state index in [2.05, 4.69) is 9.93 Å². The van der Waals surface area contributed by atoms with Gasteiger partial charge in [0.2, 0.25) is 0 Å². The van der Waals surface area contributed by atoms with Gasteiger partial charge in [0, 0.05) is 10.6 Å². The number of ether oxygens (including phenoxy) is 2. The van der Waals surface area contributed by atoms with Crippen molar-refractivity contribution in [3.63, 3.8) is 0 Å². The molecule has 0 spiro atoms. The molecule has 32 heavy (non-hydrogen) atoms. The van der Waals surface area contributed by atoms with Crippen LogP contribution in [0.1, 0.15) is 0 Å². The first-order valence-electron chi connectivity index (χ1n) is 9.58. The van der Waals surface area contributed by atoms with E-state index in [9.17, 15) is 8.42 Å². The number of hydrogen-bond donors (Lipinski definition) is 1. The zero-order valence-electron chi connectivity index (χ0n) is 17.3. The molecular formula is C23H20ClN3O4S. The Morgan fingerprint density at radius 3 is 2.09 bits per heavy atom. The third-order valence-electron chi connectivity index (χ3n) is 4.79. The van der Waals surface area contributed by atoms with Crippen molar-refractivity contribution in [3.05, 3.63) is 83.9 Å². The Morgan fingerprint density at radius 2 is 1.50 bits per heavy atom. The van der Waals surface area contributed by atoms with E-state index in [0.717, 1.165) is 5.56 Å². The van der Waals surface area contributed by atoms with Crippen molar-refractivity contribution < 1.29 is 17.9 Å². The Kier molecular flexibility index (Phi) is 6.07. The van der Waals surface area contributed by atoms with E-state index in [4.69, 9.17) is 21.1 Å². The first-order chi connectivity index (χ1) is 15.4. The van der Waals surface area contributed by atoms with E-state index in [1.165, 1.54) is 31.1 Å². The van der Waals surface area contributed by atoms with Crippen LogP contribution >= 0.6 is 11.6 Å². The molecule has 1 N–H and O–H groups in total. The van der Waals surface area contributed by atoms with E-state index in [1.54, 1.807) is 54.6 Å². The van der Waals surface area contributed by atoms with Gasteiger partial charge in [-0.15, -0.1) is 0 Å². The van der Waals surface area contributed by atoms with Gasteiger partial charge in [-0.2, -0.15) is 23.1 Å². The lowest BCUT2D eigenvalue weighted by Gasteiger charge is -2.15. The Morgan fingerprint density at radius 1 is 0.875 bits per heavy atom. The minimum atomic E-state index is -3.91. The molecule has 0 saturated heterocycles. The van der Waals surface area contributed by atoms with Gasteiger partial charge in [0.1, 0.15) is 17.2 Å². The van der Waals surface area contributed by atoms with Crippen LogP contribution in [0.2, 0.25) is 5.02 Å². The highest BCUT2D eigenvalue weighted by Crippen LogP contribution is 2.39. The van der Waals surface area contributed by atoms with Crippen LogP contribution in [0.15, 0.2) is 83.8 Å². The smallest absolute Gasteiger partial charge is 0.276 e. The largest absolute Gasteiger partial charge is 0.496 e. The van der Waals surface area contributed by atoms with Crippen molar-refractivity contribution in [1.29, 1.82) is 0 Å². The molecule has 1 heterocycles. The Bertz CT molecular complexity index is 1320. The lowest BCUT2D eigenvalue weighted by molar-refractivity contribution is 0.397. The van der Waals surface area contributed by atoms with Gasteiger partial charge in [0.05, 0.1) is 30.4 Å². The van der Waals surface area contributed by atoms with E-state index in [0.29, 0.717) is 33.5 Å². The predicted molar refractivity (Wildman–Crippen MR) is 124 cm³/mol. The predicted octanol–water partition coefficient (Wildman–Crippen LogP) is 4.82. The zero-order valence-corrected chi connectivity index (χ0v) is 18.9. The maximum atomic E-state index is 13.0. The zero-order chi connectivity index (χ0) is 22.7. The van der Waals surface area contributed by atoms with Crippen molar-refractivity contribution in [3.8, 4) is 34.0 Å². The van der Waals surface area contributed by atoms with E-state index >= 15 is 0 Å². The molecule has 0 radical (unpaired) electrons. The summed E-state index contributed by atoms with van der Waals surface area (Å²) in [6, 6.07) is 22.3. The van der Waals surface area contributed by atoms with Crippen molar-refractivity contribution in [2.75, 3.05) is 19.1 Å². The summed E-state index contributed by atoms with van der Waals surface area (Å²) in [6.07, 6.45) is 0. The molecule has 0 aliphatic carbocycles. The molecule has 4 rings (SSSR count). The van der Waals surface area contributed by atoms with Crippen LogP contribution in [0.4, 0.5) is 0 Å². The molecule has 0 atom stereocenters. The molecule has 0 aliphatic heterocycles. The highest BCUT2D eigenvalue weighted by Gasteiger charge is 2.23. The molecule has 164 valence electrons. The highest BCUT2D eigenvalue weighted by atomic mass is 35.5. The number of nitrogens with one attached hydrogen (secondary N) is 1. The molecular weight excluding hydrogens is 450 g/mol. The standard InChI is InChI=1S/C23H20ClN3O4S/c1-30-21-9-6-10-22(31-2)23(21)20-15-19(16-11-13-17(24)14-12-16)25-27(20)26-32(28,29)18-7-4-3-5-8-18/h3-15,26H,1-2H3. The van der Waals surface area contributed by atoms with Crippen LogP contribution < -0.4 is 14.3 Å². The van der Waals surface area contributed by atoms with Gasteiger partial charge in [-0.3, -0.25) is 0 Å². The second kappa shape index (κ2) is 8.94. The van der Waals surface area contributed by atoms with Gasteiger partial charge in [0.25, 0.3) is 10.0 Å². The van der Waals surface area contributed by atoms with Crippen molar-refractivity contribution in [1.82, 2.24) is 9.89 Å². The minimum Gasteiger partial charge on any atom is -0.496 e. The fraction of sp³-hybridized carbons (Fsp3) is 0.0870. The maximum absolute atomic E-state index is 13.0. The third kappa shape index (κ3) is 4.28. The Balaban J connectivity index is 1.90. The van der Waals surface area contributed by atoms with Crippen molar-refractivity contribution >= 4 is 21.6 Å². The average molecular weight is 470 g/mol. The van der Waals surface area contributed by atoms with E-state index < -0.39 is 10.0 Å². The lowest BCUT2D eigenvalue weighted by atomic mass is 10.1. The molecule has 0 amide bonds. The summed E-state index contributed by atoms with van der Waals surface area (Å²) >= 11 is 6.02. The van der Waals surface area contributed by atoms with Crippen LogP contribution in [0, 0.1) is 0 Å².